The molecule has 0 spiro atoms. The van der Waals surface area contributed by atoms with Gasteiger partial charge in [0.05, 0.1) is 7.11 Å². The number of halogens is 8. The van der Waals surface area contributed by atoms with Gasteiger partial charge in [-0.1, -0.05) is 32.4 Å². The van der Waals surface area contributed by atoms with E-state index < -0.39 is 44.0 Å². The molecule has 16 heteroatoms. The topological polar surface area (TPSA) is 72.5 Å². The summed E-state index contributed by atoms with van der Waals surface area (Å²) in [5.41, 5.74) is 1.52. The zero-order valence-electron chi connectivity index (χ0n) is 24.8. The number of hydrogen-bond acceptors (Lipinski definition) is 8. The van der Waals surface area contributed by atoms with Gasteiger partial charge in [-0.3, -0.25) is 0 Å². The van der Waals surface area contributed by atoms with Crippen LogP contribution in [0.5, 0.6) is 11.5 Å². The minimum absolute atomic E-state index is 0.204. The average molecular weight is 687 g/mol. The van der Waals surface area contributed by atoms with Crippen LogP contribution in [0.4, 0.5) is 35.1 Å². The maximum atomic E-state index is 14.1. The Morgan fingerprint density at radius 2 is 1.50 bits per heavy atom. The molecule has 7 nitrogen and oxygen atoms in total. The van der Waals surface area contributed by atoms with Crippen molar-refractivity contribution >= 4 is 27.4 Å². The molecule has 0 bridgehead atoms. The van der Waals surface area contributed by atoms with Crippen molar-refractivity contribution < 1.29 is 68.3 Å². The number of carbonyl (C=O) groups excluding carboxylic acids is 1. The van der Waals surface area contributed by atoms with Gasteiger partial charge < -0.3 is 14.2 Å². The number of thiophene rings is 1. The Hall–Kier alpha value is -3.47. The van der Waals surface area contributed by atoms with Gasteiger partial charge in [0, 0.05) is 20.7 Å². The van der Waals surface area contributed by atoms with E-state index >= 15 is 0 Å². The number of rotatable bonds is 18. The van der Waals surface area contributed by atoms with Crippen LogP contribution in [-0.4, -0.2) is 51.1 Å². The molecule has 46 heavy (non-hydrogen) atoms. The fourth-order valence-electron chi connectivity index (χ4n) is 3.93. The molecule has 3 aromatic rings. The highest BCUT2D eigenvalue weighted by Crippen LogP contribution is 2.41. The highest BCUT2D eigenvalue weighted by Gasteiger charge is 2.57. The smallest absolute Gasteiger partial charge is 0.496 e. The van der Waals surface area contributed by atoms with E-state index in [-0.39, 0.29) is 11.3 Å². The number of methoxy groups -OCH3 is 1. The fourth-order valence-corrected chi connectivity index (χ4v) is 5.06. The largest absolute Gasteiger partial charge is 0.496 e. The normalized spacial score (nSPS) is 12.8. The summed E-state index contributed by atoms with van der Waals surface area (Å²) in [5.74, 6) is -0.991. The number of carbonyl (C=O) groups is 1. The standard InChI is InChI=1S/C30H30F8O7S/c1-5-6-7-8-19-9-12-22(23(13-19)40-4)25-14-20-10-11-21(15-24(20)46-25)41-16-27(31,32)43-29(35,36)45-30(37,38)44-28(33,34)17-42-26(39)18(2)3/h9-15H,2,5-8,16-17H2,1,3-4H3. The number of ether oxygens (including phenoxy) is 6. The van der Waals surface area contributed by atoms with Crippen LogP contribution in [0.15, 0.2) is 54.6 Å². The molecule has 0 saturated heterocycles. The molecule has 0 N–H and O–H groups in total. The highest BCUT2D eigenvalue weighted by atomic mass is 32.1. The molecule has 1 aromatic heterocycles. The molecule has 0 unspecified atom stereocenters. The van der Waals surface area contributed by atoms with Gasteiger partial charge in [0.15, 0.2) is 13.2 Å². The number of alkyl halides is 8. The molecule has 1 heterocycles. The van der Waals surface area contributed by atoms with E-state index in [4.69, 9.17) is 9.47 Å². The summed E-state index contributed by atoms with van der Waals surface area (Å²) in [4.78, 5) is 11.9. The van der Waals surface area contributed by atoms with Crippen molar-refractivity contribution in [3.63, 3.8) is 0 Å². The molecule has 0 aliphatic carbocycles. The third-order valence-electron chi connectivity index (χ3n) is 5.99. The van der Waals surface area contributed by atoms with Crippen molar-refractivity contribution in [1.29, 1.82) is 0 Å². The van der Waals surface area contributed by atoms with Gasteiger partial charge in [-0.05, 0) is 67.1 Å². The Bertz CT molecular complexity index is 1510. The third-order valence-corrected chi connectivity index (χ3v) is 7.12. The van der Waals surface area contributed by atoms with Gasteiger partial charge in [-0.25, -0.2) is 19.0 Å². The summed E-state index contributed by atoms with van der Waals surface area (Å²) >= 11 is 1.27. The molecular formula is C30H30F8O7S. The molecule has 0 saturated carbocycles. The summed E-state index contributed by atoms with van der Waals surface area (Å²) in [6.07, 6.45) is -17.6. The van der Waals surface area contributed by atoms with Crippen molar-refractivity contribution in [1.82, 2.24) is 0 Å². The molecule has 0 aliphatic rings. The van der Waals surface area contributed by atoms with Crippen LogP contribution < -0.4 is 9.47 Å². The van der Waals surface area contributed by atoms with Crippen LogP contribution in [-0.2, 0) is 30.2 Å². The van der Waals surface area contributed by atoms with E-state index in [1.54, 1.807) is 7.11 Å². The van der Waals surface area contributed by atoms with E-state index in [1.807, 2.05) is 24.3 Å². The van der Waals surface area contributed by atoms with Crippen LogP contribution >= 0.6 is 11.3 Å². The Balaban J connectivity index is 1.63. The molecule has 254 valence electrons. The monoisotopic (exact) mass is 686 g/mol. The van der Waals surface area contributed by atoms with E-state index in [1.165, 1.54) is 29.5 Å². The molecule has 0 amide bonds. The molecule has 0 aliphatic heterocycles. The lowest BCUT2D eigenvalue weighted by molar-refractivity contribution is -0.574. The summed E-state index contributed by atoms with van der Waals surface area (Å²) in [6.45, 7) is 2.17. The number of unbranched alkanes of at least 4 members (excludes halogenated alkanes) is 2. The Labute approximate surface area is 262 Å². The van der Waals surface area contributed by atoms with Crippen molar-refractivity contribution in [2.24, 2.45) is 0 Å². The first-order valence-electron chi connectivity index (χ1n) is 13.6. The van der Waals surface area contributed by atoms with Crippen LogP contribution in [0.2, 0.25) is 0 Å². The molecule has 3 rings (SSSR count). The molecule has 0 radical (unpaired) electrons. The molecule has 2 aromatic carbocycles. The molecule has 0 fully saturated rings. The first-order valence-corrected chi connectivity index (χ1v) is 14.4. The average Bonchev–Trinajstić information content (AvgIpc) is 3.36. The lowest BCUT2D eigenvalue weighted by Crippen LogP contribution is -2.46. The van der Waals surface area contributed by atoms with E-state index in [9.17, 15) is 39.9 Å². The second-order valence-electron chi connectivity index (χ2n) is 9.95. The Morgan fingerprint density at radius 3 is 2.11 bits per heavy atom. The summed E-state index contributed by atoms with van der Waals surface area (Å²) < 4.78 is 134. The van der Waals surface area contributed by atoms with Crippen molar-refractivity contribution in [2.75, 3.05) is 20.3 Å². The van der Waals surface area contributed by atoms with Gasteiger partial charge in [0.25, 0.3) is 0 Å². The third kappa shape index (κ3) is 11.1. The van der Waals surface area contributed by atoms with Crippen molar-refractivity contribution in [3.8, 4) is 21.9 Å². The summed E-state index contributed by atoms with van der Waals surface area (Å²) in [7, 11) is 1.54. The molecule has 0 atom stereocenters. The van der Waals surface area contributed by atoms with Gasteiger partial charge in [-0.15, -0.1) is 28.9 Å². The van der Waals surface area contributed by atoms with Gasteiger partial charge in [0.1, 0.15) is 11.5 Å². The van der Waals surface area contributed by atoms with Crippen LogP contribution in [0.25, 0.3) is 20.5 Å². The minimum atomic E-state index is -5.88. The summed E-state index contributed by atoms with van der Waals surface area (Å²) in [6, 6.07) is 11.8. The second-order valence-corrected chi connectivity index (χ2v) is 11.0. The highest BCUT2D eigenvalue weighted by molar-refractivity contribution is 7.22. The number of fused-ring (bicyclic) bond motifs is 1. The summed E-state index contributed by atoms with van der Waals surface area (Å²) in [5, 5.41) is 0.706. The zero-order chi connectivity index (χ0) is 34.3. The van der Waals surface area contributed by atoms with Crippen LogP contribution in [0.1, 0.15) is 38.7 Å². The van der Waals surface area contributed by atoms with E-state index in [2.05, 4.69) is 32.5 Å². The first kappa shape index (κ1) is 37.0. The maximum absolute atomic E-state index is 14.1. The zero-order valence-corrected chi connectivity index (χ0v) is 25.6. The SMILES string of the molecule is C=C(C)C(=O)OCC(F)(F)OC(F)(F)OC(F)(F)OC(F)(F)COc1ccc2cc(-c3ccc(CCCCC)cc3OC)sc2c1. The fraction of sp³-hybridized carbons (Fsp3) is 0.433. The number of aryl methyl sites for hydroxylation is 1. The van der Waals surface area contributed by atoms with Crippen molar-refractivity contribution in [2.45, 2.75) is 64.3 Å². The quantitative estimate of drug-likeness (QED) is 0.0435. The number of esters is 1. The number of hydrogen-bond donors (Lipinski definition) is 0. The molecular weight excluding hydrogens is 656 g/mol. The lowest BCUT2D eigenvalue weighted by Gasteiger charge is -2.27. The predicted molar refractivity (Wildman–Crippen MR) is 151 cm³/mol. The lowest BCUT2D eigenvalue weighted by atomic mass is 10.0. The van der Waals surface area contributed by atoms with E-state index in [0.717, 1.165) is 48.6 Å². The second kappa shape index (κ2) is 15.0. The maximum Gasteiger partial charge on any atom is 0.496 e. The minimum Gasteiger partial charge on any atom is -0.496 e. The van der Waals surface area contributed by atoms with Crippen LogP contribution in [0.3, 0.4) is 0 Å². The number of benzene rings is 2. The first-order chi connectivity index (χ1) is 21.3. The van der Waals surface area contributed by atoms with E-state index in [0.29, 0.717) is 15.8 Å². The van der Waals surface area contributed by atoms with Crippen molar-refractivity contribution in [3.05, 3.63) is 60.2 Å². The Morgan fingerprint density at radius 1 is 0.848 bits per heavy atom. The van der Waals surface area contributed by atoms with Crippen LogP contribution in [0, 0.1) is 0 Å². The van der Waals surface area contributed by atoms with Gasteiger partial charge >= 0.3 is 30.8 Å². The Kier molecular flexibility index (Phi) is 12.0. The van der Waals surface area contributed by atoms with Gasteiger partial charge in [-0.2, -0.15) is 17.6 Å². The van der Waals surface area contributed by atoms with Gasteiger partial charge in [0.2, 0.25) is 0 Å². The predicted octanol–water partition coefficient (Wildman–Crippen LogP) is 9.14.